The molecule has 0 unspecified atom stereocenters. The summed E-state index contributed by atoms with van der Waals surface area (Å²) in [5, 5.41) is 0. The average Bonchev–Trinajstić information content (AvgIpc) is 2.30. The van der Waals surface area contributed by atoms with Crippen LogP contribution in [0.25, 0.3) is 0 Å². The smallest absolute Gasteiger partial charge is 0.244 e. The van der Waals surface area contributed by atoms with Crippen LogP contribution in [0.2, 0.25) is 0 Å². The van der Waals surface area contributed by atoms with Crippen molar-refractivity contribution in [2.75, 3.05) is 0 Å². The second-order valence-electron chi connectivity index (χ2n) is 1.96. The van der Waals surface area contributed by atoms with Gasteiger partial charge in [-0.1, -0.05) is 0 Å². The number of imidazole rings is 1. The maximum atomic E-state index is 11.8. The SMILES string of the molecule is FC(F)c1cncn1C(F)(F)F. The van der Waals surface area contributed by atoms with Crippen LogP contribution < -0.4 is 0 Å². The van der Waals surface area contributed by atoms with Crippen LogP contribution in [0.1, 0.15) is 12.1 Å². The second-order valence-corrected chi connectivity index (χ2v) is 1.96. The summed E-state index contributed by atoms with van der Waals surface area (Å²) in [6, 6.07) is 0. The second kappa shape index (κ2) is 2.72. The first-order chi connectivity index (χ1) is 5.43. The zero-order valence-corrected chi connectivity index (χ0v) is 5.52. The van der Waals surface area contributed by atoms with Crippen LogP contribution in [0.15, 0.2) is 12.5 Å². The topological polar surface area (TPSA) is 17.8 Å². The van der Waals surface area contributed by atoms with Gasteiger partial charge >= 0.3 is 6.30 Å². The number of hydrogen-bond donors (Lipinski definition) is 0. The molecule has 0 amide bonds. The Labute approximate surface area is 63.6 Å². The van der Waals surface area contributed by atoms with E-state index in [0.29, 0.717) is 12.5 Å². The number of nitrogens with zero attached hydrogens (tertiary/aromatic N) is 2. The van der Waals surface area contributed by atoms with Crippen molar-refractivity contribution in [1.82, 2.24) is 9.55 Å². The Kier molecular flexibility index (Phi) is 2.03. The van der Waals surface area contributed by atoms with E-state index >= 15 is 0 Å². The lowest BCUT2D eigenvalue weighted by molar-refractivity contribution is -0.207. The lowest BCUT2D eigenvalue weighted by atomic mass is 10.5. The highest BCUT2D eigenvalue weighted by Gasteiger charge is 2.34. The number of aromatic nitrogens is 2. The molecule has 0 saturated heterocycles. The number of hydrogen-bond acceptors (Lipinski definition) is 1. The average molecular weight is 186 g/mol. The monoisotopic (exact) mass is 186 g/mol. The summed E-state index contributed by atoms with van der Waals surface area (Å²) < 4.78 is 58.6. The normalized spacial score (nSPS) is 12.5. The zero-order valence-electron chi connectivity index (χ0n) is 5.52. The van der Waals surface area contributed by atoms with E-state index in [9.17, 15) is 22.0 Å². The van der Waals surface area contributed by atoms with Gasteiger partial charge in [0.2, 0.25) is 0 Å². The van der Waals surface area contributed by atoms with E-state index in [1.165, 1.54) is 0 Å². The molecule has 1 heterocycles. The summed E-state index contributed by atoms with van der Waals surface area (Å²) in [6.07, 6.45) is -7.21. The van der Waals surface area contributed by atoms with Gasteiger partial charge in [-0.2, -0.15) is 0 Å². The van der Waals surface area contributed by atoms with Crippen LogP contribution in [0.3, 0.4) is 0 Å². The minimum absolute atomic E-state index is 0.307. The minimum Gasteiger partial charge on any atom is -0.244 e. The van der Waals surface area contributed by atoms with Crippen molar-refractivity contribution in [2.24, 2.45) is 0 Å². The van der Waals surface area contributed by atoms with Crippen molar-refractivity contribution < 1.29 is 22.0 Å². The maximum absolute atomic E-state index is 11.8. The highest BCUT2D eigenvalue weighted by atomic mass is 19.4. The van der Waals surface area contributed by atoms with Crippen LogP contribution in [-0.4, -0.2) is 9.55 Å². The predicted octanol–water partition coefficient (Wildman–Crippen LogP) is 2.30. The zero-order chi connectivity index (χ0) is 9.35. The van der Waals surface area contributed by atoms with Crippen molar-refractivity contribution in [3.05, 3.63) is 18.2 Å². The molecular formula is C5H3F5N2. The molecule has 1 rings (SSSR count). The van der Waals surface area contributed by atoms with Gasteiger partial charge in [0.05, 0.1) is 6.20 Å². The van der Waals surface area contributed by atoms with E-state index in [0.717, 1.165) is 0 Å². The first-order valence-electron chi connectivity index (χ1n) is 2.80. The molecule has 2 nitrogen and oxygen atoms in total. The molecule has 7 heteroatoms. The van der Waals surface area contributed by atoms with E-state index in [2.05, 4.69) is 4.98 Å². The fourth-order valence-corrected chi connectivity index (χ4v) is 0.679. The quantitative estimate of drug-likeness (QED) is 0.615. The summed E-state index contributed by atoms with van der Waals surface area (Å²) in [6.45, 7) is 0. The van der Waals surface area contributed by atoms with E-state index < -0.39 is 23.0 Å². The van der Waals surface area contributed by atoms with E-state index in [4.69, 9.17) is 0 Å². The largest absolute Gasteiger partial charge is 0.490 e. The predicted molar refractivity (Wildman–Crippen MR) is 28.5 cm³/mol. The van der Waals surface area contributed by atoms with E-state index in [-0.39, 0.29) is 0 Å². The van der Waals surface area contributed by atoms with Crippen molar-refractivity contribution in [3.63, 3.8) is 0 Å². The third-order valence-electron chi connectivity index (χ3n) is 1.16. The van der Waals surface area contributed by atoms with Crippen molar-refractivity contribution in [2.45, 2.75) is 12.7 Å². The molecule has 0 aliphatic carbocycles. The molecule has 1 aromatic heterocycles. The van der Waals surface area contributed by atoms with Crippen LogP contribution in [0.5, 0.6) is 0 Å². The number of rotatable bonds is 1. The molecule has 68 valence electrons. The third kappa shape index (κ3) is 1.54. The van der Waals surface area contributed by atoms with Crippen molar-refractivity contribution >= 4 is 0 Å². The van der Waals surface area contributed by atoms with E-state index in [1.807, 2.05) is 0 Å². The molecule has 0 aromatic carbocycles. The Hall–Kier alpha value is -1.14. The van der Waals surface area contributed by atoms with Gasteiger partial charge < -0.3 is 0 Å². The lowest BCUT2D eigenvalue weighted by Crippen LogP contribution is -2.18. The van der Waals surface area contributed by atoms with E-state index in [1.54, 1.807) is 0 Å². The van der Waals surface area contributed by atoms with Crippen molar-refractivity contribution in [1.29, 1.82) is 0 Å². The van der Waals surface area contributed by atoms with Crippen LogP contribution >= 0.6 is 0 Å². The number of alkyl halides is 5. The Morgan fingerprint density at radius 2 is 1.92 bits per heavy atom. The first-order valence-corrected chi connectivity index (χ1v) is 2.80. The van der Waals surface area contributed by atoms with Gasteiger partial charge in [-0.25, -0.2) is 18.3 Å². The fourth-order valence-electron chi connectivity index (χ4n) is 0.679. The summed E-state index contributed by atoms with van der Waals surface area (Å²) >= 11 is 0. The van der Waals surface area contributed by atoms with Crippen LogP contribution in [0.4, 0.5) is 22.0 Å². The summed E-state index contributed by atoms with van der Waals surface area (Å²) in [5.74, 6) is 0. The van der Waals surface area contributed by atoms with Gasteiger partial charge in [-0.05, 0) is 0 Å². The summed E-state index contributed by atoms with van der Waals surface area (Å²) in [4.78, 5) is 2.97. The Balaban J connectivity index is 3.08. The summed E-state index contributed by atoms with van der Waals surface area (Å²) in [7, 11) is 0. The van der Waals surface area contributed by atoms with Gasteiger partial charge in [0.1, 0.15) is 12.0 Å². The highest BCUT2D eigenvalue weighted by molar-refractivity contribution is 5.00. The first kappa shape index (κ1) is 8.95. The van der Waals surface area contributed by atoms with Gasteiger partial charge in [0.25, 0.3) is 6.43 Å². The molecule has 12 heavy (non-hydrogen) atoms. The molecule has 0 atom stereocenters. The van der Waals surface area contributed by atoms with Gasteiger partial charge in [-0.15, -0.1) is 13.2 Å². The summed E-state index contributed by atoms with van der Waals surface area (Å²) in [5.41, 5.74) is -1.15. The van der Waals surface area contributed by atoms with Crippen LogP contribution in [0, 0.1) is 0 Å². The lowest BCUT2D eigenvalue weighted by Gasteiger charge is -2.09. The highest BCUT2D eigenvalue weighted by Crippen LogP contribution is 2.28. The van der Waals surface area contributed by atoms with Gasteiger partial charge in [-0.3, -0.25) is 0 Å². The Morgan fingerprint density at radius 1 is 1.33 bits per heavy atom. The molecule has 0 bridgehead atoms. The molecule has 0 fully saturated rings. The fraction of sp³-hybridized carbons (Fsp3) is 0.400. The molecule has 1 aromatic rings. The molecule has 0 radical (unpaired) electrons. The van der Waals surface area contributed by atoms with Crippen LogP contribution in [-0.2, 0) is 6.30 Å². The van der Waals surface area contributed by atoms with Crippen molar-refractivity contribution in [3.8, 4) is 0 Å². The molecule has 0 N–H and O–H groups in total. The molecule has 0 spiro atoms. The van der Waals surface area contributed by atoms with Gasteiger partial charge in [0.15, 0.2) is 0 Å². The molecular weight excluding hydrogens is 183 g/mol. The molecule has 0 aliphatic heterocycles. The molecule has 0 aliphatic rings. The third-order valence-corrected chi connectivity index (χ3v) is 1.16. The maximum Gasteiger partial charge on any atom is 0.490 e. The van der Waals surface area contributed by atoms with Gasteiger partial charge in [0, 0.05) is 0 Å². The minimum atomic E-state index is -4.83. The standard InChI is InChI=1S/C5H3F5N2/c6-4(7)3-1-11-2-12(3)5(8,9)10/h1-2,4H. The number of halogens is 5. The Bertz CT molecular complexity index is 263. The molecule has 0 saturated carbocycles. The Morgan fingerprint density at radius 3 is 2.25 bits per heavy atom.